The number of rotatable bonds is 7. The van der Waals surface area contributed by atoms with Crippen molar-refractivity contribution in [2.45, 2.75) is 35.8 Å². The van der Waals surface area contributed by atoms with E-state index in [4.69, 9.17) is 9.72 Å². The second kappa shape index (κ2) is 10.6. The first-order valence-corrected chi connectivity index (χ1v) is 11.7. The molecule has 2 aromatic rings. The Morgan fingerprint density at radius 1 is 1.23 bits per heavy atom. The van der Waals surface area contributed by atoms with Crippen molar-refractivity contribution in [3.05, 3.63) is 47.0 Å². The molecule has 0 atom stereocenters. The van der Waals surface area contributed by atoms with Crippen molar-refractivity contribution in [3.63, 3.8) is 0 Å². The van der Waals surface area contributed by atoms with E-state index in [1.54, 1.807) is 12.1 Å². The Bertz CT molecular complexity index is 902. The van der Waals surface area contributed by atoms with E-state index in [-0.39, 0.29) is 29.1 Å². The Morgan fingerprint density at radius 3 is 2.52 bits per heavy atom. The number of hydrogen-bond acceptors (Lipinski definition) is 6. The number of amides is 1. The van der Waals surface area contributed by atoms with Crippen LogP contribution in [0.15, 0.2) is 40.3 Å². The van der Waals surface area contributed by atoms with E-state index in [0.717, 1.165) is 35.8 Å². The van der Waals surface area contributed by atoms with E-state index in [0.29, 0.717) is 23.8 Å². The Hall–Kier alpha value is -1.91. The number of nitrogens with zero attached hydrogens (tertiary/aromatic N) is 2. The molecule has 1 aromatic heterocycles. The molecule has 10 heteroatoms. The highest BCUT2D eigenvalue weighted by Gasteiger charge is 2.29. The molecule has 0 bridgehead atoms. The van der Waals surface area contributed by atoms with Crippen LogP contribution >= 0.6 is 23.5 Å². The zero-order valence-electron chi connectivity index (χ0n) is 17.3. The Kier molecular flexibility index (Phi) is 8.12. The molecular formula is C21H24F3N3O2S2. The number of carbonyl (C=O) groups is 1. The molecule has 168 valence electrons. The summed E-state index contributed by atoms with van der Waals surface area (Å²) in [5.41, 5.74) is -2.23. The summed E-state index contributed by atoms with van der Waals surface area (Å²) in [7, 11) is 0. The lowest BCUT2D eigenvalue weighted by Gasteiger charge is -2.28. The van der Waals surface area contributed by atoms with Crippen molar-refractivity contribution in [1.29, 1.82) is 0 Å². The molecule has 5 nitrogen and oxygen atoms in total. The molecule has 2 heterocycles. The lowest BCUT2D eigenvalue weighted by Crippen LogP contribution is -2.37. The smallest absolute Gasteiger partial charge is 0.378 e. The Balaban J connectivity index is 1.71. The van der Waals surface area contributed by atoms with Crippen LogP contribution in [0.2, 0.25) is 0 Å². The monoisotopic (exact) mass is 471 g/mol. The minimum atomic E-state index is -4.32. The average Bonchev–Trinajstić information content (AvgIpc) is 2.72. The molecule has 1 N–H and O–H groups in total. The van der Waals surface area contributed by atoms with Crippen LogP contribution in [0.5, 0.6) is 0 Å². The van der Waals surface area contributed by atoms with E-state index in [2.05, 4.69) is 10.2 Å². The predicted octanol–water partition coefficient (Wildman–Crippen LogP) is 4.88. The highest BCUT2D eigenvalue weighted by Crippen LogP contribution is 2.36. The van der Waals surface area contributed by atoms with Crippen molar-refractivity contribution >= 4 is 35.2 Å². The second-order valence-corrected chi connectivity index (χ2v) is 9.28. The maximum absolute atomic E-state index is 12.9. The Labute approximate surface area is 188 Å². The van der Waals surface area contributed by atoms with E-state index in [1.807, 2.05) is 19.9 Å². The highest BCUT2D eigenvalue weighted by molar-refractivity contribution is 8.00. The summed E-state index contributed by atoms with van der Waals surface area (Å²) in [5.74, 6) is 1.37. The maximum atomic E-state index is 12.9. The van der Waals surface area contributed by atoms with Gasteiger partial charge in [0.25, 0.3) is 5.91 Å². The number of anilines is 1. The third kappa shape index (κ3) is 6.78. The van der Waals surface area contributed by atoms with Gasteiger partial charge in [-0.2, -0.15) is 13.2 Å². The van der Waals surface area contributed by atoms with Gasteiger partial charge in [0.15, 0.2) is 0 Å². The summed E-state index contributed by atoms with van der Waals surface area (Å²) in [4.78, 5) is 19.9. The van der Waals surface area contributed by atoms with Gasteiger partial charge in [-0.3, -0.25) is 4.79 Å². The first-order valence-electron chi connectivity index (χ1n) is 9.87. The van der Waals surface area contributed by atoms with Crippen LogP contribution in [0, 0.1) is 6.92 Å². The van der Waals surface area contributed by atoms with Gasteiger partial charge >= 0.3 is 5.51 Å². The van der Waals surface area contributed by atoms with E-state index in [1.165, 1.54) is 23.9 Å². The number of hydrogen-bond donors (Lipinski definition) is 1. The first kappa shape index (κ1) is 23.7. The summed E-state index contributed by atoms with van der Waals surface area (Å²) in [6.45, 7) is 6.94. The summed E-state index contributed by atoms with van der Waals surface area (Å²) in [5, 5.41) is 3.55. The van der Waals surface area contributed by atoms with Gasteiger partial charge in [0.05, 0.1) is 18.8 Å². The minimum Gasteiger partial charge on any atom is -0.378 e. The van der Waals surface area contributed by atoms with Crippen molar-refractivity contribution in [3.8, 4) is 0 Å². The molecule has 1 saturated heterocycles. The van der Waals surface area contributed by atoms with E-state index < -0.39 is 5.51 Å². The summed E-state index contributed by atoms with van der Waals surface area (Å²) in [6.07, 6.45) is 0. The number of ether oxygens (including phenoxy) is 1. The molecule has 0 spiro atoms. The van der Waals surface area contributed by atoms with Crippen LogP contribution in [0.1, 0.15) is 28.4 Å². The molecular weight excluding hydrogens is 447 g/mol. The Morgan fingerprint density at radius 2 is 1.90 bits per heavy atom. The number of alkyl halides is 3. The third-order valence-corrected chi connectivity index (χ3v) is 6.22. The quantitative estimate of drug-likeness (QED) is 0.581. The van der Waals surface area contributed by atoms with Crippen molar-refractivity contribution in [2.75, 3.05) is 37.0 Å². The first-order chi connectivity index (χ1) is 14.8. The number of aryl methyl sites for hydroxylation is 1. The molecule has 0 unspecified atom stereocenters. The van der Waals surface area contributed by atoms with Crippen LogP contribution in [-0.2, 0) is 11.3 Å². The standard InChI is InChI=1S/C21H24F3N3O2S2/c1-3-30-20-18(14(2)12-17(26-20)27-8-10-29-11-9-27)19(28)25-13-15-4-6-16(7-5-15)31-21(22,23)24/h4-7,12H,3,8-11,13H2,1-2H3,(H,25,28). The molecule has 0 radical (unpaired) electrons. The van der Waals surface area contributed by atoms with Crippen LogP contribution in [0.4, 0.5) is 19.0 Å². The highest BCUT2D eigenvalue weighted by atomic mass is 32.2. The number of carbonyl (C=O) groups excluding carboxylic acids is 1. The predicted molar refractivity (Wildman–Crippen MR) is 118 cm³/mol. The van der Waals surface area contributed by atoms with Gasteiger partial charge in [-0.1, -0.05) is 19.1 Å². The second-order valence-electron chi connectivity index (χ2n) is 6.88. The molecule has 1 aliphatic rings. The normalized spacial score (nSPS) is 14.5. The van der Waals surface area contributed by atoms with E-state index in [9.17, 15) is 18.0 Å². The number of thioether (sulfide) groups is 2. The fourth-order valence-electron chi connectivity index (χ4n) is 3.18. The van der Waals surface area contributed by atoms with Crippen molar-refractivity contribution in [1.82, 2.24) is 10.3 Å². The van der Waals surface area contributed by atoms with Gasteiger partial charge in [0.1, 0.15) is 10.8 Å². The molecule has 1 fully saturated rings. The van der Waals surface area contributed by atoms with Crippen LogP contribution in [0.25, 0.3) is 0 Å². The van der Waals surface area contributed by atoms with E-state index >= 15 is 0 Å². The van der Waals surface area contributed by atoms with Crippen LogP contribution in [0.3, 0.4) is 0 Å². The number of benzene rings is 1. The maximum Gasteiger partial charge on any atom is 0.446 e. The van der Waals surface area contributed by atoms with Gasteiger partial charge in [-0.05, 0) is 53.8 Å². The molecule has 0 aliphatic carbocycles. The third-order valence-electron chi connectivity index (χ3n) is 4.62. The fraction of sp³-hybridized carbons (Fsp3) is 0.429. The summed E-state index contributed by atoms with van der Waals surface area (Å²) < 4.78 is 42.8. The largest absolute Gasteiger partial charge is 0.446 e. The topological polar surface area (TPSA) is 54.5 Å². The van der Waals surface area contributed by atoms with Gasteiger partial charge < -0.3 is 15.0 Å². The fourth-order valence-corrected chi connectivity index (χ4v) is 4.55. The molecule has 3 rings (SSSR count). The van der Waals surface area contributed by atoms with Gasteiger partial charge in [0, 0.05) is 24.5 Å². The summed E-state index contributed by atoms with van der Waals surface area (Å²) in [6, 6.07) is 7.90. The number of halogens is 3. The zero-order valence-corrected chi connectivity index (χ0v) is 18.9. The molecule has 31 heavy (non-hydrogen) atoms. The average molecular weight is 472 g/mol. The molecule has 0 saturated carbocycles. The molecule has 1 aromatic carbocycles. The van der Waals surface area contributed by atoms with Gasteiger partial charge in [-0.15, -0.1) is 11.8 Å². The number of aromatic nitrogens is 1. The van der Waals surface area contributed by atoms with Crippen LogP contribution < -0.4 is 10.2 Å². The number of pyridine rings is 1. The zero-order chi connectivity index (χ0) is 22.4. The van der Waals surface area contributed by atoms with Crippen LogP contribution in [-0.4, -0.2) is 48.5 Å². The SMILES string of the molecule is CCSc1nc(N2CCOCC2)cc(C)c1C(=O)NCc1ccc(SC(F)(F)F)cc1. The van der Waals surface area contributed by atoms with Crippen molar-refractivity contribution in [2.24, 2.45) is 0 Å². The number of nitrogens with one attached hydrogen (secondary N) is 1. The lowest BCUT2D eigenvalue weighted by atomic mass is 10.1. The van der Waals surface area contributed by atoms with Gasteiger partial charge in [-0.25, -0.2) is 4.98 Å². The molecule has 1 amide bonds. The summed E-state index contributed by atoms with van der Waals surface area (Å²) >= 11 is 1.36. The van der Waals surface area contributed by atoms with Gasteiger partial charge in [0.2, 0.25) is 0 Å². The molecule has 1 aliphatic heterocycles. The van der Waals surface area contributed by atoms with Crippen molar-refractivity contribution < 1.29 is 22.7 Å². The lowest BCUT2D eigenvalue weighted by molar-refractivity contribution is -0.0328. The number of morpholine rings is 1. The minimum absolute atomic E-state index is 0.114.